The Morgan fingerprint density at radius 2 is 1.83 bits per heavy atom. The zero-order valence-corrected chi connectivity index (χ0v) is 7.90. The van der Waals surface area contributed by atoms with Gasteiger partial charge in [0.25, 0.3) is 0 Å². The van der Waals surface area contributed by atoms with Gasteiger partial charge < -0.3 is 9.97 Å². The van der Waals surface area contributed by atoms with Crippen LogP contribution in [0.15, 0.2) is 4.79 Å². The number of aromatic nitrogens is 2. The van der Waals surface area contributed by atoms with Gasteiger partial charge in [-0.25, -0.2) is 4.79 Å². The lowest BCUT2D eigenvalue weighted by Crippen LogP contribution is -2.02. The number of aryl methyl sites for hydroxylation is 1. The van der Waals surface area contributed by atoms with Crippen LogP contribution in [0.4, 0.5) is 0 Å². The Bertz CT molecular complexity index is 296. The highest BCUT2D eigenvalue weighted by Gasteiger charge is 2.06. The van der Waals surface area contributed by atoms with E-state index in [1.54, 1.807) is 0 Å². The van der Waals surface area contributed by atoms with E-state index >= 15 is 0 Å². The first kappa shape index (κ1) is 9.10. The fourth-order valence-electron chi connectivity index (χ4n) is 1.34. The van der Waals surface area contributed by atoms with Gasteiger partial charge in [-0.15, -0.1) is 0 Å². The summed E-state index contributed by atoms with van der Waals surface area (Å²) >= 11 is 0. The van der Waals surface area contributed by atoms with E-state index in [9.17, 15) is 4.79 Å². The average molecular weight is 168 g/mol. The summed E-state index contributed by atoms with van der Waals surface area (Å²) in [5.74, 6) is 0.585. The zero-order valence-electron chi connectivity index (χ0n) is 7.90. The van der Waals surface area contributed by atoms with Crippen molar-refractivity contribution in [2.45, 2.75) is 33.6 Å². The molecule has 0 aromatic carbocycles. The fourth-order valence-corrected chi connectivity index (χ4v) is 1.34. The summed E-state index contributed by atoms with van der Waals surface area (Å²) < 4.78 is 0. The molecule has 1 aromatic heterocycles. The third-order valence-corrected chi connectivity index (χ3v) is 1.86. The summed E-state index contributed by atoms with van der Waals surface area (Å²) in [7, 11) is 0. The summed E-state index contributed by atoms with van der Waals surface area (Å²) in [5, 5.41) is 0. The van der Waals surface area contributed by atoms with Crippen LogP contribution in [0.25, 0.3) is 0 Å². The second-order valence-electron chi connectivity index (χ2n) is 3.49. The predicted octanol–water partition coefficient (Wildman–Crippen LogP) is 1.46. The molecule has 1 aromatic rings. The first-order valence-electron chi connectivity index (χ1n) is 4.43. The van der Waals surface area contributed by atoms with Gasteiger partial charge in [0.2, 0.25) is 0 Å². The molecule has 68 valence electrons. The van der Waals surface area contributed by atoms with Crippen molar-refractivity contribution in [3.05, 3.63) is 21.9 Å². The highest BCUT2D eigenvalue weighted by atomic mass is 16.1. The molecule has 0 atom stereocenters. The topological polar surface area (TPSA) is 48.6 Å². The number of aromatic amines is 2. The van der Waals surface area contributed by atoms with Crippen molar-refractivity contribution in [3.8, 4) is 0 Å². The minimum absolute atomic E-state index is 0.0810. The van der Waals surface area contributed by atoms with Crippen LogP contribution < -0.4 is 5.69 Å². The number of rotatable bonds is 3. The normalized spacial score (nSPS) is 11.0. The molecular weight excluding hydrogens is 152 g/mol. The van der Waals surface area contributed by atoms with Gasteiger partial charge >= 0.3 is 5.69 Å². The SMILES string of the molecule is CCc1[nH]c(=O)[nH]c1CC(C)C. The monoisotopic (exact) mass is 168 g/mol. The van der Waals surface area contributed by atoms with E-state index in [-0.39, 0.29) is 5.69 Å². The Morgan fingerprint density at radius 3 is 2.33 bits per heavy atom. The Kier molecular flexibility index (Phi) is 2.74. The minimum Gasteiger partial charge on any atom is -0.310 e. The third-order valence-electron chi connectivity index (χ3n) is 1.86. The molecule has 0 amide bonds. The minimum atomic E-state index is -0.0810. The molecule has 0 aliphatic carbocycles. The van der Waals surface area contributed by atoms with Gasteiger partial charge in [0.05, 0.1) is 0 Å². The first-order chi connectivity index (χ1) is 5.63. The maximum absolute atomic E-state index is 10.9. The van der Waals surface area contributed by atoms with Crippen LogP contribution >= 0.6 is 0 Å². The molecule has 3 heteroatoms. The molecule has 0 saturated heterocycles. The first-order valence-corrected chi connectivity index (χ1v) is 4.43. The summed E-state index contributed by atoms with van der Waals surface area (Å²) in [6.07, 6.45) is 1.84. The maximum Gasteiger partial charge on any atom is 0.323 e. The molecule has 0 saturated carbocycles. The Morgan fingerprint density at radius 1 is 1.25 bits per heavy atom. The Labute approximate surface area is 72.2 Å². The van der Waals surface area contributed by atoms with E-state index < -0.39 is 0 Å². The van der Waals surface area contributed by atoms with Crippen molar-refractivity contribution in [1.82, 2.24) is 9.97 Å². The molecule has 2 N–H and O–H groups in total. The number of H-pyrrole nitrogens is 2. The van der Waals surface area contributed by atoms with Crippen molar-refractivity contribution in [3.63, 3.8) is 0 Å². The lowest BCUT2D eigenvalue weighted by Gasteiger charge is -2.03. The molecule has 0 bridgehead atoms. The lowest BCUT2D eigenvalue weighted by molar-refractivity contribution is 0.632. The summed E-state index contributed by atoms with van der Waals surface area (Å²) in [6, 6.07) is 0. The van der Waals surface area contributed by atoms with Crippen LogP contribution in [0.2, 0.25) is 0 Å². The van der Waals surface area contributed by atoms with Crippen molar-refractivity contribution in [2.75, 3.05) is 0 Å². The molecule has 3 nitrogen and oxygen atoms in total. The lowest BCUT2D eigenvalue weighted by atomic mass is 10.1. The molecule has 0 unspecified atom stereocenters. The van der Waals surface area contributed by atoms with Gasteiger partial charge in [0.15, 0.2) is 0 Å². The molecular formula is C9H16N2O. The zero-order chi connectivity index (χ0) is 9.14. The van der Waals surface area contributed by atoms with E-state index in [1.807, 2.05) is 6.92 Å². The van der Waals surface area contributed by atoms with Crippen molar-refractivity contribution < 1.29 is 0 Å². The van der Waals surface area contributed by atoms with E-state index in [2.05, 4.69) is 23.8 Å². The molecule has 0 spiro atoms. The Balaban J connectivity index is 2.89. The van der Waals surface area contributed by atoms with Gasteiger partial charge in [-0.1, -0.05) is 20.8 Å². The molecule has 0 fully saturated rings. The molecule has 12 heavy (non-hydrogen) atoms. The largest absolute Gasteiger partial charge is 0.323 e. The van der Waals surface area contributed by atoms with Gasteiger partial charge in [-0.05, 0) is 18.8 Å². The van der Waals surface area contributed by atoms with Crippen LogP contribution in [-0.4, -0.2) is 9.97 Å². The van der Waals surface area contributed by atoms with E-state index in [0.29, 0.717) is 5.92 Å². The van der Waals surface area contributed by atoms with Crippen LogP contribution in [0.3, 0.4) is 0 Å². The van der Waals surface area contributed by atoms with Gasteiger partial charge in [0, 0.05) is 11.4 Å². The van der Waals surface area contributed by atoms with Crippen LogP contribution in [0.5, 0.6) is 0 Å². The van der Waals surface area contributed by atoms with E-state index in [1.165, 1.54) is 0 Å². The molecule has 0 aliphatic rings. The van der Waals surface area contributed by atoms with Crippen molar-refractivity contribution in [2.24, 2.45) is 5.92 Å². The van der Waals surface area contributed by atoms with E-state index in [4.69, 9.17) is 0 Å². The van der Waals surface area contributed by atoms with Crippen molar-refractivity contribution in [1.29, 1.82) is 0 Å². The highest BCUT2D eigenvalue weighted by Crippen LogP contribution is 2.07. The Hall–Kier alpha value is -0.990. The standard InChI is InChI=1S/C9H16N2O/c1-4-7-8(5-6(2)3)11-9(12)10-7/h6H,4-5H2,1-3H3,(H2,10,11,12). The summed E-state index contributed by atoms with van der Waals surface area (Å²) in [4.78, 5) is 16.5. The second-order valence-corrected chi connectivity index (χ2v) is 3.49. The summed E-state index contributed by atoms with van der Waals surface area (Å²) in [5.41, 5.74) is 2.04. The van der Waals surface area contributed by atoms with Gasteiger partial charge in [-0.2, -0.15) is 0 Å². The fraction of sp³-hybridized carbons (Fsp3) is 0.667. The third kappa shape index (κ3) is 2.00. The predicted molar refractivity (Wildman–Crippen MR) is 49.3 cm³/mol. The van der Waals surface area contributed by atoms with Gasteiger partial charge in [0.1, 0.15) is 0 Å². The molecule has 0 radical (unpaired) electrons. The number of hydrogen-bond donors (Lipinski definition) is 2. The number of hydrogen-bond acceptors (Lipinski definition) is 1. The highest BCUT2D eigenvalue weighted by molar-refractivity contribution is 5.11. The number of nitrogens with one attached hydrogen (secondary N) is 2. The van der Waals surface area contributed by atoms with Crippen LogP contribution in [0, 0.1) is 5.92 Å². The molecule has 1 rings (SSSR count). The second kappa shape index (κ2) is 3.61. The van der Waals surface area contributed by atoms with Crippen LogP contribution in [-0.2, 0) is 12.8 Å². The summed E-state index contributed by atoms with van der Waals surface area (Å²) in [6.45, 7) is 6.33. The van der Waals surface area contributed by atoms with Crippen LogP contribution in [0.1, 0.15) is 32.2 Å². The molecule has 1 heterocycles. The molecule has 0 aliphatic heterocycles. The number of imidazole rings is 1. The maximum atomic E-state index is 10.9. The van der Waals surface area contributed by atoms with Gasteiger partial charge in [-0.3, -0.25) is 0 Å². The quantitative estimate of drug-likeness (QED) is 0.705. The van der Waals surface area contributed by atoms with E-state index in [0.717, 1.165) is 24.2 Å². The van der Waals surface area contributed by atoms with Crippen molar-refractivity contribution >= 4 is 0 Å². The average Bonchev–Trinajstić information content (AvgIpc) is 2.29. The smallest absolute Gasteiger partial charge is 0.310 e.